The van der Waals surface area contributed by atoms with Crippen molar-refractivity contribution in [2.75, 3.05) is 18.5 Å². The fourth-order valence-corrected chi connectivity index (χ4v) is 3.70. The van der Waals surface area contributed by atoms with Crippen LogP contribution in [0.25, 0.3) is 5.69 Å². The fraction of sp³-hybridized carbons (Fsp3) is 0.267. The quantitative estimate of drug-likeness (QED) is 0.565. The zero-order chi connectivity index (χ0) is 24.4. The zero-order valence-corrected chi connectivity index (χ0v) is 17.3. The van der Waals surface area contributed by atoms with Crippen LogP contribution in [-0.2, 0) is 21.7 Å². The molecule has 174 valence electrons. The molecule has 0 aliphatic heterocycles. The van der Waals surface area contributed by atoms with Gasteiger partial charge in [-0.2, -0.15) is 36.7 Å². The monoisotopic (exact) mass is 524 g/mol. The molecule has 0 saturated carbocycles. The Morgan fingerprint density at radius 3 is 2.25 bits per heavy atom. The number of benzene rings is 1. The number of aromatic nitrogens is 2. The molecule has 1 unspecified atom stereocenters. The van der Waals surface area contributed by atoms with Crippen LogP contribution in [0, 0.1) is 11.3 Å². The van der Waals surface area contributed by atoms with E-state index in [4.69, 9.17) is 33.6 Å². The van der Waals surface area contributed by atoms with Crippen molar-refractivity contribution < 1.29 is 45.2 Å². The summed E-state index contributed by atoms with van der Waals surface area (Å²) in [5, 5.41) is 21.5. The van der Waals surface area contributed by atoms with E-state index in [-0.39, 0.29) is 0 Å². The van der Waals surface area contributed by atoms with E-state index in [0.29, 0.717) is 16.8 Å². The van der Waals surface area contributed by atoms with E-state index < -0.39 is 79.5 Å². The minimum absolute atomic E-state index is 0.322. The molecule has 0 saturated heterocycles. The number of nitriles is 1. The maximum absolute atomic E-state index is 13.1. The molecule has 8 nitrogen and oxygen atoms in total. The zero-order valence-electron chi connectivity index (χ0n) is 15.0. The lowest BCUT2D eigenvalue weighted by Gasteiger charge is -2.15. The number of hydrogen-bond acceptors (Lipinski definition) is 6. The summed E-state index contributed by atoms with van der Waals surface area (Å²) >= 11 is 11.7. The average Bonchev–Trinajstić information content (AvgIpc) is 3.01. The number of alkyl halides is 6. The van der Waals surface area contributed by atoms with Crippen LogP contribution in [0.1, 0.15) is 11.3 Å². The lowest BCUT2D eigenvalue weighted by atomic mass is 10.2. The van der Waals surface area contributed by atoms with Crippen LogP contribution in [0.3, 0.4) is 0 Å². The van der Waals surface area contributed by atoms with Crippen molar-refractivity contribution in [2.45, 2.75) is 16.6 Å². The topological polar surface area (TPSA) is 117 Å². The van der Waals surface area contributed by atoms with Crippen molar-refractivity contribution in [3.8, 4) is 11.8 Å². The van der Waals surface area contributed by atoms with E-state index >= 15 is 0 Å². The number of amides is 1. The molecule has 1 aromatic heterocycles. The Kier molecular flexibility index (Phi) is 7.66. The second kappa shape index (κ2) is 9.53. The molecule has 0 aliphatic rings. The molecule has 17 heteroatoms. The van der Waals surface area contributed by atoms with E-state index in [2.05, 4.69) is 9.84 Å². The molecule has 0 aliphatic carbocycles. The number of carbonyl (C=O) groups excluding carboxylic acids is 1. The molecule has 2 rings (SSSR count). The van der Waals surface area contributed by atoms with Gasteiger partial charge in [0.2, 0.25) is 0 Å². The lowest BCUT2D eigenvalue weighted by molar-refractivity contribution is -0.137. The SMILES string of the molecule is N#Cc1nn(-c2c(Cl)cc(C(F)(F)F)cc2Cl)c(NC(=O)OCCO)c1S(=O)C(F)(F)F. The van der Waals surface area contributed by atoms with Crippen LogP contribution in [0.4, 0.5) is 37.0 Å². The van der Waals surface area contributed by atoms with Gasteiger partial charge in [-0.05, 0) is 12.1 Å². The van der Waals surface area contributed by atoms with Crippen molar-refractivity contribution in [3.05, 3.63) is 33.4 Å². The van der Waals surface area contributed by atoms with E-state index in [1.54, 1.807) is 5.32 Å². The number of aliphatic hydroxyl groups is 1. The minimum Gasteiger partial charge on any atom is -0.447 e. The second-order valence-electron chi connectivity index (χ2n) is 5.54. The smallest absolute Gasteiger partial charge is 0.447 e. The standard InChI is InChI=1S/C15H8Cl2F6N4O4S/c16-7-3-6(14(18,19)20)4-8(17)10(7)27-12(25-13(29)31-2-1-28)11(9(5-24)26-27)32(30)15(21,22)23/h3-4,28H,1-2H2,(H,25,29). The number of ether oxygens (including phenoxy) is 1. The van der Waals surface area contributed by atoms with Crippen molar-refractivity contribution in [1.82, 2.24) is 9.78 Å². The fourth-order valence-electron chi connectivity index (χ4n) is 2.24. The van der Waals surface area contributed by atoms with E-state index in [0.717, 1.165) is 0 Å². The molecule has 2 N–H and O–H groups in total. The molecule has 2 aromatic rings. The third-order valence-electron chi connectivity index (χ3n) is 3.44. The molecule has 0 fully saturated rings. The Morgan fingerprint density at radius 1 is 1.25 bits per heavy atom. The lowest BCUT2D eigenvalue weighted by Crippen LogP contribution is -2.22. The summed E-state index contributed by atoms with van der Waals surface area (Å²) in [6.07, 6.45) is -6.35. The maximum atomic E-state index is 13.1. The summed E-state index contributed by atoms with van der Waals surface area (Å²) in [7, 11) is -3.92. The van der Waals surface area contributed by atoms with Gasteiger partial charge in [0.25, 0.3) is 0 Å². The van der Waals surface area contributed by atoms with Gasteiger partial charge in [0.05, 0.1) is 22.2 Å². The number of halogens is 8. The van der Waals surface area contributed by atoms with Crippen LogP contribution in [0.15, 0.2) is 17.0 Å². The van der Waals surface area contributed by atoms with Crippen LogP contribution in [0.5, 0.6) is 0 Å². The molecule has 1 atom stereocenters. The molecular weight excluding hydrogens is 517 g/mol. The molecule has 0 bridgehead atoms. The number of hydrogen-bond donors (Lipinski definition) is 2. The summed E-state index contributed by atoms with van der Waals surface area (Å²) in [4.78, 5) is 10.5. The first-order valence-corrected chi connectivity index (χ1v) is 9.75. The molecule has 32 heavy (non-hydrogen) atoms. The summed E-state index contributed by atoms with van der Waals surface area (Å²) < 4.78 is 95.1. The van der Waals surface area contributed by atoms with Crippen molar-refractivity contribution in [1.29, 1.82) is 5.26 Å². The van der Waals surface area contributed by atoms with Gasteiger partial charge in [-0.25, -0.2) is 13.7 Å². The van der Waals surface area contributed by atoms with Crippen LogP contribution in [-0.4, -0.2) is 43.9 Å². The average molecular weight is 525 g/mol. The molecule has 1 amide bonds. The number of anilines is 1. The predicted molar refractivity (Wildman–Crippen MR) is 97.8 cm³/mol. The molecule has 1 aromatic carbocycles. The minimum atomic E-state index is -5.42. The number of nitrogens with zero attached hydrogens (tertiary/aromatic N) is 3. The van der Waals surface area contributed by atoms with Gasteiger partial charge >= 0.3 is 17.8 Å². The highest BCUT2D eigenvalue weighted by Gasteiger charge is 2.43. The second-order valence-corrected chi connectivity index (χ2v) is 7.76. The third kappa shape index (κ3) is 5.44. The number of rotatable bonds is 5. The third-order valence-corrected chi connectivity index (χ3v) is 5.20. The van der Waals surface area contributed by atoms with Gasteiger partial charge in [-0.15, -0.1) is 0 Å². The normalized spacial score (nSPS) is 12.9. The Morgan fingerprint density at radius 2 is 1.81 bits per heavy atom. The molecule has 1 heterocycles. The first kappa shape index (κ1) is 25.7. The van der Waals surface area contributed by atoms with E-state index in [1.807, 2.05) is 0 Å². The van der Waals surface area contributed by atoms with Crippen LogP contribution < -0.4 is 5.32 Å². The number of carbonyl (C=O) groups is 1. The van der Waals surface area contributed by atoms with Gasteiger partial charge in [-0.3, -0.25) is 5.32 Å². The largest absolute Gasteiger partial charge is 0.476 e. The summed E-state index contributed by atoms with van der Waals surface area (Å²) in [6, 6.07) is 2.01. The van der Waals surface area contributed by atoms with Crippen LogP contribution >= 0.6 is 23.2 Å². The van der Waals surface area contributed by atoms with Gasteiger partial charge in [0, 0.05) is 0 Å². The first-order chi connectivity index (χ1) is 14.7. The van der Waals surface area contributed by atoms with E-state index in [9.17, 15) is 35.3 Å². The maximum Gasteiger partial charge on any atom is 0.476 e. The Balaban J connectivity index is 2.81. The highest BCUT2D eigenvalue weighted by atomic mass is 35.5. The molecule has 0 spiro atoms. The highest BCUT2D eigenvalue weighted by Crippen LogP contribution is 2.41. The van der Waals surface area contributed by atoms with Crippen molar-refractivity contribution in [3.63, 3.8) is 0 Å². The molecular formula is C15H8Cl2F6N4O4S. The number of aliphatic hydroxyl groups excluding tert-OH is 1. The van der Waals surface area contributed by atoms with Crippen molar-refractivity contribution in [2.24, 2.45) is 0 Å². The Bertz CT molecular complexity index is 1090. The van der Waals surface area contributed by atoms with Crippen LogP contribution in [0.2, 0.25) is 10.0 Å². The number of nitrogens with one attached hydrogen (secondary N) is 1. The summed E-state index contributed by atoms with van der Waals surface area (Å²) in [5.41, 5.74) is -8.47. The summed E-state index contributed by atoms with van der Waals surface area (Å²) in [6.45, 7) is -1.25. The van der Waals surface area contributed by atoms with Crippen molar-refractivity contribution >= 4 is 45.9 Å². The summed E-state index contributed by atoms with van der Waals surface area (Å²) in [5.74, 6) is -1.05. The van der Waals surface area contributed by atoms with Gasteiger partial charge in [0.15, 0.2) is 22.3 Å². The Labute approximate surface area is 186 Å². The highest BCUT2D eigenvalue weighted by molar-refractivity contribution is 7.86. The molecule has 0 radical (unpaired) electrons. The van der Waals surface area contributed by atoms with Gasteiger partial charge in [0.1, 0.15) is 23.3 Å². The van der Waals surface area contributed by atoms with E-state index in [1.165, 1.54) is 6.07 Å². The van der Waals surface area contributed by atoms with Gasteiger partial charge < -0.3 is 9.84 Å². The van der Waals surface area contributed by atoms with Gasteiger partial charge in [-0.1, -0.05) is 23.2 Å². The Hall–Kier alpha value is -2.54. The first-order valence-electron chi connectivity index (χ1n) is 7.85. The predicted octanol–water partition coefficient (Wildman–Crippen LogP) is 4.24.